The van der Waals surface area contributed by atoms with Crippen LogP contribution in [0, 0.1) is 11.7 Å². The van der Waals surface area contributed by atoms with Crippen LogP contribution in [-0.2, 0) is 6.42 Å². The van der Waals surface area contributed by atoms with E-state index in [-0.39, 0.29) is 5.82 Å². The van der Waals surface area contributed by atoms with E-state index in [1.807, 2.05) is 18.2 Å². The Bertz CT molecular complexity index is 1160. The quantitative estimate of drug-likeness (QED) is 0.552. The first-order valence-corrected chi connectivity index (χ1v) is 11.5. The van der Waals surface area contributed by atoms with Crippen LogP contribution in [0.1, 0.15) is 24.0 Å². The van der Waals surface area contributed by atoms with Gasteiger partial charge in [0, 0.05) is 18.2 Å². The van der Waals surface area contributed by atoms with Gasteiger partial charge < -0.3 is 19.1 Å². The fourth-order valence-electron chi connectivity index (χ4n) is 4.48. The molecular weight excluding hydrogens is 421 g/mol. The molecule has 172 valence electrons. The van der Waals surface area contributed by atoms with E-state index in [0.717, 1.165) is 49.5 Å². The fourth-order valence-corrected chi connectivity index (χ4v) is 4.48. The first-order chi connectivity index (χ1) is 16.2. The number of ether oxygens (including phenoxy) is 3. The van der Waals surface area contributed by atoms with Gasteiger partial charge in [0.15, 0.2) is 11.5 Å². The number of hydrogen-bond donors (Lipinski definition) is 0. The normalized spacial score (nSPS) is 17.0. The van der Waals surface area contributed by atoms with E-state index in [4.69, 9.17) is 14.2 Å². The summed E-state index contributed by atoms with van der Waals surface area (Å²) < 4.78 is 31.0. The standard InChI is InChI=1S/C26H28FN3O3/c1-31-25-7-5-22-26(29-25)20(21(27)17-28-22)10-13-30-11-8-18(9-12-30)2-3-19-4-6-23-24(16-19)33-15-14-32-23/h2-7,16-18H,8-15H2,1H3. The third-order valence-electron chi connectivity index (χ3n) is 6.39. The smallest absolute Gasteiger partial charge is 0.213 e. The summed E-state index contributed by atoms with van der Waals surface area (Å²) in [5.41, 5.74) is 3.02. The predicted octanol–water partition coefficient (Wildman–Crippen LogP) is 4.52. The summed E-state index contributed by atoms with van der Waals surface area (Å²) in [6.45, 7) is 4.00. The Balaban J connectivity index is 1.17. The van der Waals surface area contributed by atoms with E-state index in [1.54, 1.807) is 13.2 Å². The van der Waals surface area contributed by atoms with Gasteiger partial charge in [0.2, 0.25) is 5.88 Å². The summed E-state index contributed by atoms with van der Waals surface area (Å²) >= 11 is 0. The van der Waals surface area contributed by atoms with Gasteiger partial charge in [0.05, 0.1) is 24.3 Å². The Morgan fingerprint density at radius 2 is 1.94 bits per heavy atom. The number of methoxy groups -OCH3 is 1. The van der Waals surface area contributed by atoms with Crippen LogP contribution in [-0.4, -0.2) is 54.8 Å². The Kier molecular flexibility index (Phi) is 6.39. The molecule has 33 heavy (non-hydrogen) atoms. The molecule has 1 fully saturated rings. The molecule has 1 saturated heterocycles. The van der Waals surface area contributed by atoms with E-state index in [9.17, 15) is 4.39 Å². The van der Waals surface area contributed by atoms with Crippen molar-refractivity contribution in [1.29, 1.82) is 0 Å². The molecule has 0 bridgehead atoms. The lowest BCUT2D eigenvalue weighted by atomic mass is 9.95. The van der Waals surface area contributed by atoms with Crippen LogP contribution >= 0.6 is 0 Å². The van der Waals surface area contributed by atoms with Gasteiger partial charge in [0.1, 0.15) is 19.0 Å². The molecule has 0 atom stereocenters. The summed E-state index contributed by atoms with van der Waals surface area (Å²) in [6.07, 6.45) is 8.55. The Hall–Kier alpha value is -3.19. The van der Waals surface area contributed by atoms with Crippen LogP contribution in [0.2, 0.25) is 0 Å². The molecule has 0 saturated carbocycles. The minimum absolute atomic E-state index is 0.305. The maximum atomic E-state index is 14.6. The molecule has 5 rings (SSSR count). The average Bonchev–Trinajstić information content (AvgIpc) is 2.87. The molecule has 0 radical (unpaired) electrons. The zero-order valence-electron chi connectivity index (χ0n) is 18.8. The number of hydrogen-bond acceptors (Lipinski definition) is 6. The summed E-state index contributed by atoms with van der Waals surface area (Å²) in [7, 11) is 1.56. The van der Waals surface area contributed by atoms with Crippen molar-refractivity contribution in [1.82, 2.24) is 14.9 Å². The number of aromatic nitrogens is 2. The highest BCUT2D eigenvalue weighted by Crippen LogP contribution is 2.31. The fraction of sp³-hybridized carbons (Fsp3) is 0.385. The molecule has 6 nitrogen and oxygen atoms in total. The molecule has 2 aliphatic heterocycles. The molecular formula is C26H28FN3O3. The van der Waals surface area contributed by atoms with Crippen molar-refractivity contribution in [2.75, 3.05) is 40.0 Å². The highest BCUT2D eigenvalue weighted by Gasteiger charge is 2.19. The van der Waals surface area contributed by atoms with Gasteiger partial charge in [0.25, 0.3) is 0 Å². The lowest BCUT2D eigenvalue weighted by Gasteiger charge is -2.30. The molecule has 3 aromatic rings. The van der Waals surface area contributed by atoms with E-state index in [0.29, 0.717) is 48.0 Å². The van der Waals surface area contributed by atoms with Gasteiger partial charge in [-0.3, -0.25) is 4.98 Å². The number of allylic oxidation sites excluding steroid dienone is 1. The summed E-state index contributed by atoms with van der Waals surface area (Å²) in [6, 6.07) is 9.65. The third kappa shape index (κ3) is 4.93. The van der Waals surface area contributed by atoms with Crippen molar-refractivity contribution in [3.8, 4) is 17.4 Å². The number of halogens is 1. The first kappa shape index (κ1) is 21.6. The number of rotatable bonds is 6. The zero-order chi connectivity index (χ0) is 22.6. The number of nitrogens with zero attached hydrogens (tertiary/aromatic N) is 3. The topological polar surface area (TPSA) is 56.7 Å². The SMILES string of the molecule is COc1ccc2ncc(F)c(CCN3CCC(C=Cc4ccc5c(c4)OCCO5)CC3)c2n1. The molecule has 0 amide bonds. The van der Waals surface area contributed by atoms with E-state index >= 15 is 0 Å². The van der Waals surface area contributed by atoms with Crippen LogP contribution in [0.4, 0.5) is 4.39 Å². The van der Waals surface area contributed by atoms with Crippen molar-refractivity contribution in [3.63, 3.8) is 0 Å². The molecule has 0 aliphatic carbocycles. The van der Waals surface area contributed by atoms with Gasteiger partial charge in [-0.1, -0.05) is 18.2 Å². The third-order valence-corrected chi connectivity index (χ3v) is 6.39. The highest BCUT2D eigenvalue weighted by atomic mass is 19.1. The molecule has 1 aromatic carbocycles. The molecule has 0 unspecified atom stereocenters. The molecule has 7 heteroatoms. The molecule has 4 heterocycles. The van der Waals surface area contributed by atoms with Crippen LogP contribution in [0.5, 0.6) is 17.4 Å². The molecule has 2 aliphatic rings. The van der Waals surface area contributed by atoms with Crippen LogP contribution < -0.4 is 14.2 Å². The van der Waals surface area contributed by atoms with Crippen LogP contribution in [0.15, 0.2) is 42.6 Å². The van der Waals surface area contributed by atoms with Crippen molar-refractivity contribution in [2.24, 2.45) is 5.92 Å². The molecule has 2 aromatic heterocycles. The van der Waals surface area contributed by atoms with Crippen LogP contribution in [0.25, 0.3) is 17.1 Å². The summed E-state index contributed by atoms with van der Waals surface area (Å²) in [5.74, 6) is 2.35. The molecule has 0 spiro atoms. The maximum Gasteiger partial charge on any atom is 0.213 e. The molecule has 0 N–H and O–H groups in total. The minimum Gasteiger partial charge on any atom is -0.486 e. The number of fused-ring (bicyclic) bond motifs is 2. The van der Waals surface area contributed by atoms with E-state index < -0.39 is 0 Å². The first-order valence-electron chi connectivity index (χ1n) is 11.5. The van der Waals surface area contributed by atoms with Gasteiger partial charge >= 0.3 is 0 Å². The largest absolute Gasteiger partial charge is 0.486 e. The average molecular weight is 450 g/mol. The second-order valence-corrected chi connectivity index (χ2v) is 8.50. The van der Waals surface area contributed by atoms with E-state index in [2.05, 4.69) is 33.1 Å². The number of piperidine rings is 1. The highest BCUT2D eigenvalue weighted by molar-refractivity contribution is 5.78. The van der Waals surface area contributed by atoms with Crippen molar-refractivity contribution < 1.29 is 18.6 Å². The summed E-state index contributed by atoms with van der Waals surface area (Å²) in [4.78, 5) is 11.0. The Morgan fingerprint density at radius 1 is 1.12 bits per heavy atom. The van der Waals surface area contributed by atoms with Crippen LogP contribution in [0.3, 0.4) is 0 Å². The van der Waals surface area contributed by atoms with Gasteiger partial charge in [-0.2, -0.15) is 0 Å². The predicted molar refractivity (Wildman–Crippen MR) is 125 cm³/mol. The zero-order valence-corrected chi connectivity index (χ0v) is 18.8. The summed E-state index contributed by atoms with van der Waals surface area (Å²) in [5, 5.41) is 0. The Labute approximate surface area is 193 Å². The second-order valence-electron chi connectivity index (χ2n) is 8.50. The van der Waals surface area contributed by atoms with Gasteiger partial charge in [-0.25, -0.2) is 9.37 Å². The van der Waals surface area contributed by atoms with Crippen molar-refractivity contribution >= 4 is 17.1 Å². The van der Waals surface area contributed by atoms with Crippen molar-refractivity contribution in [2.45, 2.75) is 19.3 Å². The second kappa shape index (κ2) is 9.75. The maximum absolute atomic E-state index is 14.6. The number of benzene rings is 1. The number of likely N-dealkylation sites (tertiary alicyclic amines) is 1. The lowest BCUT2D eigenvalue weighted by Crippen LogP contribution is -2.34. The van der Waals surface area contributed by atoms with E-state index in [1.165, 1.54) is 6.20 Å². The van der Waals surface area contributed by atoms with Gasteiger partial charge in [-0.05, 0) is 62.0 Å². The monoisotopic (exact) mass is 449 g/mol. The Morgan fingerprint density at radius 3 is 2.76 bits per heavy atom. The van der Waals surface area contributed by atoms with Gasteiger partial charge in [-0.15, -0.1) is 0 Å². The lowest BCUT2D eigenvalue weighted by molar-refractivity contribution is 0.171. The van der Waals surface area contributed by atoms with Crippen molar-refractivity contribution in [3.05, 3.63) is 59.5 Å². The number of pyridine rings is 2. The minimum atomic E-state index is -0.305.